The van der Waals surface area contributed by atoms with Crippen LogP contribution in [0.4, 0.5) is 0 Å². The lowest BCUT2D eigenvalue weighted by atomic mass is 10.1. The monoisotopic (exact) mass is 166 g/mol. The predicted octanol–water partition coefficient (Wildman–Crippen LogP) is 3.62. The second-order valence-electron chi connectivity index (χ2n) is 2.96. The van der Waals surface area contributed by atoms with Gasteiger partial charge in [0.05, 0.1) is 11.0 Å². The number of hydrogen-bond donors (Lipinski definition) is 0. The zero-order chi connectivity index (χ0) is 7.84. The highest BCUT2D eigenvalue weighted by Gasteiger charge is 2.09. The standard InChI is InChI=1S/C9H10OS/c1-6(2)7-5-11-8-3-4-10-9(7)8/h3-6H,1-2H3. The zero-order valence-electron chi connectivity index (χ0n) is 6.63. The molecular formula is C9H10OS. The van der Waals surface area contributed by atoms with Gasteiger partial charge in [0, 0.05) is 5.56 Å². The average molecular weight is 166 g/mol. The molecular weight excluding hydrogens is 156 g/mol. The number of hydrogen-bond acceptors (Lipinski definition) is 2. The summed E-state index contributed by atoms with van der Waals surface area (Å²) in [7, 11) is 0. The van der Waals surface area contributed by atoms with Gasteiger partial charge in [0.1, 0.15) is 5.58 Å². The fraction of sp³-hybridized carbons (Fsp3) is 0.333. The topological polar surface area (TPSA) is 13.1 Å². The maximum Gasteiger partial charge on any atom is 0.148 e. The van der Waals surface area contributed by atoms with E-state index >= 15 is 0 Å². The quantitative estimate of drug-likeness (QED) is 0.630. The van der Waals surface area contributed by atoms with Crippen LogP contribution in [-0.4, -0.2) is 0 Å². The minimum Gasteiger partial charge on any atom is -0.463 e. The van der Waals surface area contributed by atoms with Gasteiger partial charge in [-0.25, -0.2) is 0 Å². The van der Waals surface area contributed by atoms with Crippen molar-refractivity contribution in [3.63, 3.8) is 0 Å². The summed E-state index contributed by atoms with van der Waals surface area (Å²) in [5.74, 6) is 0.565. The van der Waals surface area contributed by atoms with Gasteiger partial charge in [0.2, 0.25) is 0 Å². The van der Waals surface area contributed by atoms with Crippen molar-refractivity contribution in [2.24, 2.45) is 0 Å². The smallest absolute Gasteiger partial charge is 0.148 e. The van der Waals surface area contributed by atoms with Crippen molar-refractivity contribution in [3.8, 4) is 0 Å². The lowest BCUT2D eigenvalue weighted by Gasteiger charge is -1.97. The van der Waals surface area contributed by atoms with Crippen molar-refractivity contribution in [1.29, 1.82) is 0 Å². The second kappa shape index (κ2) is 2.38. The van der Waals surface area contributed by atoms with E-state index in [1.807, 2.05) is 6.07 Å². The molecule has 0 atom stereocenters. The van der Waals surface area contributed by atoms with Gasteiger partial charge in [-0.2, -0.15) is 0 Å². The van der Waals surface area contributed by atoms with Crippen LogP contribution in [-0.2, 0) is 0 Å². The maximum absolute atomic E-state index is 5.36. The van der Waals surface area contributed by atoms with E-state index in [0.717, 1.165) is 5.58 Å². The van der Waals surface area contributed by atoms with Gasteiger partial charge < -0.3 is 4.42 Å². The third-order valence-electron chi connectivity index (χ3n) is 1.83. The molecule has 11 heavy (non-hydrogen) atoms. The van der Waals surface area contributed by atoms with Crippen LogP contribution in [0, 0.1) is 0 Å². The maximum atomic E-state index is 5.36. The van der Waals surface area contributed by atoms with E-state index in [-0.39, 0.29) is 0 Å². The molecule has 0 spiro atoms. The summed E-state index contributed by atoms with van der Waals surface area (Å²) >= 11 is 1.76. The molecule has 58 valence electrons. The molecule has 2 heterocycles. The van der Waals surface area contributed by atoms with Crippen LogP contribution in [0.5, 0.6) is 0 Å². The largest absolute Gasteiger partial charge is 0.463 e. The second-order valence-corrected chi connectivity index (χ2v) is 3.87. The van der Waals surface area contributed by atoms with Gasteiger partial charge in [0.15, 0.2) is 0 Å². The Labute approximate surface area is 69.6 Å². The van der Waals surface area contributed by atoms with Crippen LogP contribution >= 0.6 is 11.3 Å². The Bertz CT molecular complexity index is 356. The average Bonchev–Trinajstić information content (AvgIpc) is 2.41. The SMILES string of the molecule is CC(C)c1csc2ccoc12. The van der Waals surface area contributed by atoms with E-state index < -0.39 is 0 Å². The summed E-state index contributed by atoms with van der Waals surface area (Å²) in [5, 5.41) is 2.18. The lowest BCUT2D eigenvalue weighted by molar-refractivity contribution is 0.608. The summed E-state index contributed by atoms with van der Waals surface area (Å²) in [4.78, 5) is 0. The van der Waals surface area contributed by atoms with Gasteiger partial charge in [-0.05, 0) is 17.4 Å². The van der Waals surface area contributed by atoms with E-state index in [0.29, 0.717) is 5.92 Å². The first-order valence-corrected chi connectivity index (χ1v) is 4.61. The van der Waals surface area contributed by atoms with Crippen molar-refractivity contribution in [2.45, 2.75) is 19.8 Å². The molecule has 0 saturated carbocycles. The summed E-state index contributed by atoms with van der Waals surface area (Å²) in [6.07, 6.45) is 1.76. The van der Waals surface area contributed by atoms with Crippen LogP contribution < -0.4 is 0 Å². The summed E-state index contributed by atoms with van der Waals surface area (Å²) in [6.45, 7) is 4.37. The third-order valence-corrected chi connectivity index (χ3v) is 2.77. The van der Waals surface area contributed by atoms with E-state index in [9.17, 15) is 0 Å². The molecule has 2 heteroatoms. The van der Waals surface area contributed by atoms with Crippen LogP contribution in [0.15, 0.2) is 22.1 Å². The Kier molecular flexibility index (Phi) is 1.50. The van der Waals surface area contributed by atoms with Gasteiger partial charge in [-0.3, -0.25) is 0 Å². The molecule has 0 aliphatic heterocycles. The number of rotatable bonds is 1. The van der Waals surface area contributed by atoms with Crippen molar-refractivity contribution in [2.75, 3.05) is 0 Å². The first-order valence-electron chi connectivity index (χ1n) is 3.73. The Morgan fingerprint density at radius 3 is 3.00 bits per heavy atom. The zero-order valence-corrected chi connectivity index (χ0v) is 7.44. The fourth-order valence-electron chi connectivity index (χ4n) is 1.18. The molecule has 0 N–H and O–H groups in total. The van der Waals surface area contributed by atoms with E-state index in [1.165, 1.54) is 10.3 Å². The summed E-state index contributed by atoms with van der Waals surface area (Å²) < 4.78 is 6.62. The normalized spacial score (nSPS) is 11.5. The van der Waals surface area contributed by atoms with Crippen LogP contribution in [0.3, 0.4) is 0 Å². The van der Waals surface area contributed by atoms with Crippen molar-refractivity contribution in [3.05, 3.63) is 23.3 Å². The highest BCUT2D eigenvalue weighted by atomic mass is 32.1. The molecule has 1 nitrogen and oxygen atoms in total. The molecule has 0 amide bonds. The van der Waals surface area contributed by atoms with Gasteiger partial charge >= 0.3 is 0 Å². The molecule has 2 aromatic heterocycles. The van der Waals surface area contributed by atoms with Crippen LogP contribution in [0.2, 0.25) is 0 Å². The van der Waals surface area contributed by atoms with E-state index in [2.05, 4.69) is 19.2 Å². The highest BCUT2D eigenvalue weighted by molar-refractivity contribution is 7.17. The lowest BCUT2D eigenvalue weighted by Crippen LogP contribution is -1.81. The number of furan rings is 1. The minimum absolute atomic E-state index is 0.565. The Hall–Kier alpha value is -0.760. The first kappa shape index (κ1) is 6.92. The van der Waals surface area contributed by atoms with Crippen molar-refractivity contribution in [1.82, 2.24) is 0 Å². The number of thiophene rings is 1. The molecule has 0 aliphatic rings. The summed E-state index contributed by atoms with van der Waals surface area (Å²) in [6, 6.07) is 2.02. The predicted molar refractivity (Wildman–Crippen MR) is 48.2 cm³/mol. The van der Waals surface area contributed by atoms with E-state index in [4.69, 9.17) is 4.42 Å². The Balaban J connectivity index is 2.68. The fourth-order valence-corrected chi connectivity index (χ4v) is 2.22. The molecule has 0 aromatic carbocycles. The van der Waals surface area contributed by atoms with Gasteiger partial charge in [-0.15, -0.1) is 11.3 Å². The van der Waals surface area contributed by atoms with Gasteiger partial charge in [-0.1, -0.05) is 13.8 Å². The first-order chi connectivity index (χ1) is 5.29. The van der Waals surface area contributed by atoms with Crippen LogP contribution in [0.1, 0.15) is 25.3 Å². The molecule has 2 aromatic rings. The third kappa shape index (κ3) is 0.979. The van der Waals surface area contributed by atoms with E-state index in [1.54, 1.807) is 17.6 Å². The van der Waals surface area contributed by atoms with Crippen molar-refractivity contribution >= 4 is 21.6 Å². The molecule has 0 fully saturated rings. The van der Waals surface area contributed by atoms with Gasteiger partial charge in [0.25, 0.3) is 0 Å². The highest BCUT2D eigenvalue weighted by Crippen LogP contribution is 2.31. The minimum atomic E-state index is 0.565. The molecule has 0 radical (unpaired) electrons. The number of fused-ring (bicyclic) bond motifs is 1. The molecule has 0 saturated heterocycles. The van der Waals surface area contributed by atoms with Crippen LogP contribution in [0.25, 0.3) is 10.3 Å². The molecule has 2 rings (SSSR count). The van der Waals surface area contributed by atoms with Crippen molar-refractivity contribution < 1.29 is 4.42 Å². The summed E-state index contributed by atoms with van der Waals surface area (Å²) in [5.41, 5.74) is 2.40. The Morgan fingerprint density at radius 2 is 2.27 bits per heavy atom. The molecule has 0 aliphatic carbocycles. The molecule has 0 bridgehead atoms. The Morgan fingerprint density at radius 1 is 1.45 bits per heavy atom. The molecule has 0 unspecified atom stereocenters.